The van der Waals surface area contributed by atoms with Crippen LogP contribution in [0.15, 0.2) is 170 Å². The molecule has 14 nitrogen and oxygen atoms in total. The Morgan fingerprint density at radius 2 is 1.23 bits per heavy atom. The first-order chi connectivity index (χ1) is 42.2. The minimum atomic E-state index is -0.667. The molecule has 1 aliphatic rings. The van der Waals surface area contributed by atoms with Gasteiger partial charge in [0.05, 0.1) is 35.0 Å². The predicted molar refractivity (Wildman–Crippen MR) is 342 cm³/mol. The van der Waals surface area contributed by atoms with Crippen LogP contribution in [0, 0.1) is 11.9 Å². The van der Waals surface area contributed by atoms with E-state index in [2.05, 4.69) is 76.2 Å². The molecule has 0 saturated carbocycles. The highest BCUT2D eigenvalue weighted by molar-refractivity contribution is 6.02. The summed E-state index contributed by atoms with van der Waals surface area (Å²) in [5.74, 6) is 0.150. The molecule has 1 saturated heterocycles. The zero-order valence-electron chi connectivity index (χ0n) is 50.8. The SMILES string of the molecule is CC/C(=C(/c1ccc(OCCCC/C=C/C(=O)NC)cc1)c1ccc2n[nH]c(F)c2c1)c1ccccc1.CC/C(=C(/c1ccc(OCCN(C/C=C/C(=O)NC)C(=O)OC(C)(C)C)cc1)c1ccc2c(c1)c(F)nn2C1CCCCO1)c1ccccc1. The van der Waals surface area contributed by atoms with Gasteiger partial charge in [-0.25, -0.2) is 9.48 Å². The average Bonchev–Trinajstić information content (AvgIpc) is 2.04. The van der Waals surface area contributed by atoms with Crippen LogP contribution < -0.4 is 20.1 Å². The Morgan fingerprint density at radius 3 is 1.78 bits per heavy atom. The van der Waals surface area contributed by atoms with Gasteiger partial charge in [0.25, 0.3) is 0 Å². The number of aromatic amines is 1. The number of likely N-dealkylation sites (N-methyl/N-ethyl adjacent to an activating group) is 2. The molecule has 3 heterocycles. The molecule has 3 amide bonds. The maximum Gasteiger partial charge on any atom is 0.410 e. The number of nitrogens with zero attached hydrogens (tertiary/aromatic N) is 4. The number of rotatable bonds is 23. The van der Waals surface area contributed by atoms with Crippen LogP contribution >= 0.6 is 0 Å². The van der Waals surface area contributed by atoms with Crippen LogP contribution in [0.2, 0.25) is 0 Å². The number of unbranched alkanes of at least 4 members (excludes halogenated alkanes) is 2. The van der Waals surface area contributed by atoms with Crippen LogP contribution in [0.1, 0.15) is 126 Å². The summed E-state index contributed by atoms with van der Waals surface area (Å²) in [4.78, 5) is 37.2. The van der Waals surface area contributed by atoms with Crippen molar-refractivity contribution in [2.24, 2.45) is 0 Å². The lowest BCUT2D eigenvalue weighted by Gasteiger charge is -2.26. The summed E-state index contributed by atoms with van der Waals surface area (Å²) < 4.78 is 55.0. The molecular weight excluding hydrogens is 1100 g/mol. The van der Waals surface area contributed by atoms with Crippen LogP contribution in [0.5, 0.6) is 11.5 Å². The smallest absolute Gasteiger partial charge is 0.410 e. The number of hydrogen-bond acceptors (Lipinski definition) is 9. The summed E-state index contributed by atoms with van der Waals surface area (Å²) in [6.07, 6.45) is 12.8. The van der Waals surface area contributed by atoms with Crippen molar-refractivity contribution in [2.45, 2.75) is 97.8 Å². The number of allylic oxidation sites excluding steroid dienone is 3. The molecule has 87 heavy (non-hydrogen) atoms. The minimum absolute atomic E-state index is 0.0851. The molecule has 0 spiro atoms. The van der Waals surface area contributed by atoms with E-state index < -0.39 is 23.6 Å². The van der Waals surface area contributed by atoms with Crippen molar-refractivity contribution in [3.05, 3.63) is 215 Å². The number of carbonyl (C=O) groups is 3. The van der Waals surface area contributed by atoms with E-state index in [-0.39, 0.29) is 37.7 Å². The van der Waals surface area contributed by atoms with Gasteiger partial charge in [0.2, 0.25) is 23.7 Å². The number of nitrogens with one attached hydrogen (secondary N) is 3. The first-order valence-electron chi connectivity index (χ1n) is 29.9. The fourth-order valence-electron chi connectivity index (χ4n) is 10.4. The Bertz CT molecular complexity index is 3690. The number of fused-ring (bicyclic) bond motifs is 2. The van der Waals surface area contributed by atoms with Crippen molar-refractivity contribution >= 4 is 62.0 Å². The van der Waals surface area contributed by atoms with Crippen LogP contribution in [-0.2, 0) is 19.1 Å². The van der Waals surface area contributed by atoms with Crippen molar-refractivity contribution < 1.29 is 42.1 Å². The van der Waals surface area contributed by atoms with Crippen LogP contribution in [0.3, 0.4) is 0 Å². The van der Waals surface area contributed by atoms with E-state index in [0.717, 1.165) is 107 Å². The number of halogens is 2. The van der Waals surface area contributed by atoms with Gasteiger partial charge in [0.1, 0.15) is 23.7 Å². The third kappa shape index (κ3) is 17.5. The van der Waals surface area contributed by atoms with Crippen LogP contribution in [-0.4, -0.2) is 95.4 Å². The maximum absolute atomic E-state index is 15.4. The maximum atomic E-state index is 15.4. The highest BCUT2D eigenvalue weighted by Crippen LogP contribution is 2.39. The average molecular weight is 1180 g/mol. The highest BCUT2D eigenvalue weighted by Gasteiger charge is 2.25. The molecule has 1 fully saturated rings. The Balaban J connectivity index is 0.000000236. The summed E-state index contributed by atoms with van der Waals surface area (Å²) in [6.45, 7) is 11.6. The zero-order valence-corrected chi connectivity index (χ0v) is 50.8. The van der Waals surface area contributed by atoms with Gasteiger partial charge in [0, 0.05) is 33.3 Å². The third-order valence-corrected chi connectivity index (χ3v) is 14.7. The van der Waals surface area contributed by atoms with Gasteiger partial charge in [-0.15, -0.1) is 5.10 Å². The number of carbonyl (C=O) groups excluding carboxylic acids is 3. The standard InChI is InChI=1S/C40H47FN4O5.C31H32FN3O2/c1-6-32(28-13-8-7-9-14-28)37(30-19-22-34-33(27-30)38(41)43-45(34)36-16-10-11-25-49-36)29-17-20-31(21-18-29)48-26-24-44(23-12-15-35(46)42-5)39(47)50-40(2,3)4;1-3-26(22-11-7-6-8-12-22)30(24-16-19-28-27(21-24)31(32)35-34-28)23-14-17-25(18-15-23)37-20-10-5-4-9-13-29(36)33-2/h7-9,12-15,17-22,27,36H,6,10-11,16,23-26H2,1-5H3,(H,42,46);6-9,11-19,21H,3-5,10,20H2,1-2H3,(H,33,36)(H,34,35)/b15-12+,37-32+;13-9+,30-26+. The highest BCUT2D eigenvalue weighted by atomic mass is 19.1. The fourth-order valence-corrected chi connectivity index (χ4v) is 10.4. The normalized spacial score (nSPS) is 14.1. The molecule has 1 aliphatic heterocycles. The second-order valence-corrected chi connectivity index (χ2v) is 21.9. The van der Waals surface area contributed by atoms with Crippen molar-refractivity contribution in [3.63, 3.8) is 0 Å². The fraction of sp³-hybridized carbons (Fsp3) is 0.310. The van der Waals surface area contributed by atoms with E-state index >= 15 is 4.39 Å². The third-order valence-electron chi connectivity index (χ3n) is 14.7. The van der Waals surface area contributed by atoms with Crippen molar-refractivity contribution in [2.75, 3.05) is 47.0 Å². The molecule has 0 bridgehead atoms. The van der Waals surface area contributed by atoms with Crippen molar-refractivity contribution in [3.8, 4) is 11.5 Å². The zero-order chi connectivity index (χ0) is 61.7. The number of benzene rings is 6. The first kappa shape index (κ1) is 63.9. The van der Waals surface area contributed by atoms with Gasteiger partial charge in [-0.05, 0) is 182 Å². The molecule has 1 unspecified atom stereocenters. The molecular formula is C71H79F2N7O7. The molecule has 3 N–H and O–H groups in total. The Morgan fingerprint density at radius 1 is 0.678 bits per heavy atom. The molecule has 454 valence electrons. The number of hydrogen-bond donors (Lipinski definition) is 3. The van der Waals surface area contributed by atoms with Crippen LogP contribution in [0.4, 0.5) is 13.6 Å². The summed E-state index contributed by atoms with van der Waals surface area (Å²) >= 11 is 0. The summed E-state index contributed by atoms with van der Waals surface area (Å²) in [6, 6.07) is 48.0. The monoisotopic (exact) mass is 1180 g/mol. The second-order valence-electron chi connectivity index (χ2n) is 21.9. The van der Waals surface area contributed by atoms with E-state index in [0.29, 0.717) is 40.8 Å². The first-order valence-corrected chi connectivity index (χ1v) is 29.9. The molecule has 0 aliphatic carbocycles. The summed E-state index contributed by atoms with van der Waals surface area (Å²) in [5, 5.41) is 16.8. The van der Waals surface area contributed by atoms with Gasteiger partial charge in [0.15, 0.2) is 6.23 Å². The van der Waals surface area contributed by atoms with Crippen LogP contribution in [0.25, 0.3) is 44.1 Å². The topological polar surface area (TPSA) is 162 Å². The summed E-state index contributed by atoms with van der Waals surface area (Å²) in [5.41, 5.74) is 11.0. The number of H-pyrrole nitrogens is 1. The predicted octanol–water partition coefficient (Wildman–Crippen LogP) is 15.1. The number of aromatic nitrogens is 4. The lowest BCUT2D eigenvalue weighted by Crippen LogP contribution is -2.39. The molecule has 9 rings (SSSR count). The number of amides is 3. The second kappa shape index (κ2) is 31.3. The Kier molecular flexibility index (Phi) is 23.0. The van der Waals surface area contributed by atoms with Gasteiger partial charge in [-0.1, -0.05) is 123 Å². The van der Waals surface area contributed by atoms with Crippen molar-refractivity contribution in [1.82, 2.24) is 35.5 Å². The van der Waals surface area contributed by atoms with Gasteiger partial charge < -0.3 is 34.5 Å². The Labute approximate surface area is 508 Å². The molecule has 16 heteroatoms. The minimum Gasteiger partial charge on any atom is -0.494 e. The largest absolute Gasteiger partial charge is 0.494 e. The number of ether oxygens (including phenoxy) is 4. The van der Waals surface area contributed by atoms with E-state index in [1.165, 1.54) is 16.5 Å². The molecule has 8 aromatic rings. The lowest BCUT2D eigenvalue weighted by molar-refractivity contribution is -0.116. The Hall–Kier alpha value is -9.15. The molecule has 2 aromatic heterocycles. The quantitative estimate of drug-likeness (QED) is 0.0321. The van der Waals surface area contributed by atoms with E-state index in [9.17, 15) is 18.8 Å². The van der Waals surface area contributed by atoms with Gasteiger partial charge >= 0.3 is 6.09 Å². The van der Waals surface area contributed by atoms with Gasteiger partial charge in [-0.2, -0.15) is 13.9 Å². The van der Waals surface area contributed by atoms with Crippen molar-refractivity contribution in [1.29, 1.82) is 0 Å². The van der Waals surface area contributed by atoms with E-state index in [1.807, 2.05) is 115 Å². The summed E-state index contributed by atoms with van der Waals surface area (Å²) in [7, 11) is 3.16. The molecule has 1 atom stereocenters. The lowest BCUT2D eigenvalue weighted by atomic mass is 9.88. The molecule has 6 aromatic carbocycles. The van der Waals surface area contributed by atoms with E-state index in [1.54, 1.807) is 51.7 Å². The van der Waals surface area contributed by atoms with Gasteiger partial charge in [-0.3, -0.25) is 14.7 Å². The molecule has 0 radical (unpaired) electrons. The van der Waals surface area contributed by atoms with E-state index in [4.69, 9.17) is 18.9 Å².